The van der Waals surface area contributed by atoms with Crippen molar-refractivity contribution in [2.24, 2.45) is 0 Å². The van der Waals surface area contributed by atoms with Gasteiger partial charge in [-0.1, -0.05) is 11.6 Å². The first-order valence-corrected chi connectivity index (χ1v) is 8.83. The smallest absolute Gasteiger partial charge is 0.262 e. The van der Waals surface area contributed by atoms with Gasteiger partial charge >= 0.3 is 0 Å². The van der Waals surface area contributed by atoms with E-state index in [0.29, 0.717) is 28.0 Å². The van der Waals surface area contributed by atoms with E-state index in [1.807, 2.05) is 32.0 Å². The van der Waals surface area contributed by atoms with Crippen LogP contribution in [0.1, 0.15) is 16.9 Å². The first-order valence-electron chi connectivity index (χ1n) is 8.45. The molecule has 0 aliphatic heterocycles. The molecule has 3 rings (SSSR count). The SMILES string of the molecule is Cc1cc(OCC(=O)Nc2ccc(-c3ccc(CO)o3)c(C)c2)ccc1Cl. The predicted octanol–water partition coefficient (Wildman–Crippen LogP) is 4.73. The Balaban J connectivity index is 1.62. The van der Waals surface area contributed by atoms with Crippen LogP contribution in [0.5, 0.6) is 5.75 Å². The maximum atomic E-state index is 12.1. The zero-order chi connectivity index (χ0) is 19.4. The highest BCUT2D eigenvalue weighted by Crippen LogP contribution is 2.28. The molecular formula is C21H20ClNO4. The minimum absolute atomic E-state index is 0.0973. The van der Waals surface area contributed by atoms with Gasteiger partial charge in [0.15, 0.2) is 6.61 Å². The van der Waals surface area contributed by atoms with Gasteiger partial charge in [0.05, 0.1) is 0 Å². The second-order valence-electron chi connectivity index (χ2n) is 6.20. The number of hydrogen-bond acceptors (Lipinski definition) is 4. The van der Waals surface area contributed by atoms with E-state index in [1.54, 1.807) is 30.3 Å². The molecule has 2 N–H and O–H groups in total. The Morgan fingerprint density at radius 2 is 1.93 bits per heavy atom. The van der Waals surface area contributed by atoms with E-state index in [9.17, 15) is 4.79 Å². The highest BCUT2D eigenvalue weighted by Gasteiger charge is 2.10. The molecule has 0 radical (unpaired) electrons. The molecule has 0 aliphatic rings. The lowest BCUT2D eigenvalue weighted by molar-refractivity contribution is -0.118. The molecule has 1 aromatic heterocycles. The lowest BCUT2D eigenvalue weighted by atomic mass is 10.1. The number of halogens is 1. The number of carbonyl (C=O) groups is 1. The Labute approximate surface area is 162 Å². The summed E-state index contributed by atoms with van der Waals surface area (Å²) >= 11 is 5.98. The summed E-state index contributed by atoms with van der Waals surface area (Å²) in [5.41, 5.74) is 3.41. The molecule has 0 spiro atoms. The number of hydrogen-bond donors (Lipinski definition) is 2. The fourth-order valence-corrected chi connectivity index (χ4v) is 2.80. The van der Waals surface area contributed by atoms with E-state index in [4.69, 9.17) is 25.9 Å². The molecule has 0 fully saturated rings. The second kappa shape index (κ2) is 8.29. The van der Waals surface area contributed by atoms with Crippen LogP contribution >= 0.6 is 11.6 Å². The lowest BCUT2D eigenvalue weighted by Gasteiger charge is -2.10. The van der Waals surface area contributed by atoms with Crippen molar-refractivity contribution in [3.05, 3.63) is 70.4 Å². The molecule has 1 heterocycles. The Morgan fingerprint density at radius 1 is 1.11 bits per heavy atom. The number of aliphatic hydroxyl groups excluding tert-OH is 1. The van der Waals surface area contributed by atoms with Crippen LogP contribution in [0.15, 0.2) is 52.9 Å². The lowest BCUT2D eigenvalue weighted by Crippen LogP contribution is -2.20. The summed E-state index contributed by atoms with van der Waals surface area (Å²) in [6, 6.07) is 14.3. The minimum atomic E-state index is -0.254. The van der Waals surface area contributed by atoms with Crippen LogP contribution in [0, 0.1) is 13.8 Å². The van der Waals surface area contributed by atoms with Crippen molar-refractivity contribution in [3.8, 4) is 17.1 Å². The highest BCUT2D eigenvalue weighted by molar-refractivity contribution is 6.31. The van der Waals surface area contributed by atoms with Crippen LogP contribution in [0.25, 0.3) is 11.3 Å². The fraction of sp³-hybridized carbons (Fsp3) is 0.190. The van der Waals surface area contributed by atoms with Gasteiger partial charge in [-0.15, -0.1) is 0 Å². The molecule has 27 heavy (non-hydrogen) atoms. The Morgan fingerprint density at radius 3 is 2.59 bits per heavy atom. The number of amides is 1. The van der Waals surface area contributed by atoms with Gasteiger partial charge in [0.2, 0.25) is 0 Å². The van der Waals surface area contributed by atoms with E-state index < -0.39 is 0 Å². The molecule has 0 atom stereocenters. The largest absolute Gasteiger partial charge is 0.484 e. The summed E-state index contributed by atoms with van der Waals surface area (Å²) in [6.45, 7) is 3.57. The summed E-state index contributed by atoms with van der Waals surface area (Å²) in [4.78, 5) is 12.1. The Bertz CT molecular complexity index is 965. The van der Waals surface area contributed by atoms with Crippen LogP contribution < -0.4 is 10.1 Å². The molecule has 0 saturated heterocycles. The number of carbonyl (C=O) groups excluding carboxylic acids is 1. The van der Waals surface area contributed by atoms with Gasteiger partial charge in [0.25, 0.3) is 5.91 Å². The highest BCUT2D eigenvalue weighted by atomic mass is 35.5. The third-order valence-electron chi connectivity index (χ3n) is 4.09. The van der Waals surface area contributed by atoms with E-state index in [2.05, 4.69) is 5.32 Å². The van der Waals surface area contributed by atoms with Gasteiger partial charge in [0.1, 0.15) is 23.9 Å². The molecule has 6 heteroatoms. The van der Waals surface area contributed by atoms with Crippen molar-refractivity contribution in [3.63, 3.8) is 0 Å². The number of anilines is 1. The molecule has 0 unspecified atom stereocenters. The monoisotopic (exact) mass is 385 g/mol. The van der Waals surface area contributed by atoms with E-state index in [0.717, 1.165) is 16.7 Å². The Kier molecular flexibility index (Phi) is 5.84. The van der Waals surface area contributed by atoms with Gasteiger partial charge in [-0.3, -0.25) is 4.79 Å². The van der Waals surface area contributed by atoms with Gasteiger partial charge in [-0.2, -0.15) is 0 Å². The molecule has 2 aromatic carbocycles. The van der Waals surface area contributed by atoms with Crippen molar-refractivity contribution in [1.29, 1.82) is 0 Å². The van der Waals surface area contributed by atoms with Crippen LogP contribution in [-0.2, 0) is 11.4 Å². The third-order valence-corrected chi connectivity index (χ3v) is 4.52. The van der Waals surface area contributed by atoms with E-state index >= 15 is 0 Å². The molecule has 0 saturated carbocycles. The van der Waals surface area contributed by atoms with Crippen molar-refractivity contribution >= 4 is 23.2 Å². The Hall–Kier alpha value is -2.76. The first kappa shape index (κ1) is 19.0. The summed E-state index contributed by atoms with van der Waals surface area (Å²) in [6.07, 6.45) is 0. The normalized spacial score (nSPS) is 10.7. The topological polar surface area (TPSA) is 71.7 Å². The first-order chi connectivity index (χ1) is 13.0. The number of aliphatic hydroxyl groups is 1. The maximum Gasteiger partial charge on any atom is 0.262 e. The standard InChI is InChI=1S/C21H20ClNO4/c1-13-9-15(3-6-18(13)20-8-5-17(11-24)27-20)23-21(25)12-26-16-4-7-19(22)14(2)10-16/h3-10,24H,11-12H2,1-2H3,(H,23,25). The molecular weight excluding hydrogens is 366 g/mol. The summed E-state index contributed by atoms with van der Waals surface area (Å²) in [5, 5.41) is 12.6. The zero-order valence-corrected chi connectivity index (χ0v) is 15.8. The van der Waals surface area contributed by atoms with E-state index in [-0.39, 0.29) is 19.1 Å². The number of aryl methyl sites for hydroxylation is 2. The molecule has 3 aromatic rings. The maximum absolute atomic E-state index is 12.1. The van der Waals surface area contributed by atoms with Gasteiger partial charge in [0, 0.05) is 16.3 Å². The summed E-state index contributed by atoms with van der Waals surface area (Å²) < 4.78 is 11.1. The van der Waals surface area contributed by atoms with Crippen LogP contribution in [0.2, 0.25) is 5.02 Å². The average molecular weight is 386 g/mol. The molecule has 140 valence electrons. The van der Waals surface area contributed by atoms with Crippen molar-refractivity contribution < 1.29 is 19.1 Å². The third kappa shape index (κ3) is 4.70. The summed E-state index contributed by atoms with van der Waals surface area (Å²) in [5.74, 6) is 1.53. The number of furan rings is 1. The quantitative estimate of drug-likeness (QED) is 0.643. The predicted molar refractivity (Wildman–Crippen MR) is 105 cm³/mol. The number of ether oxygens (including phenoxy) is 1. The zero-order valence-electron chi connectivity index (χ0n) is 15.1. The van der Waals surface area contributed by atoms with Gasteiger partial charge in [-0.25, -0.2) is 0 Å². The van der Waals surface area contributed by atoms with E-state index in [1.165, 1.54) is 0 Å². The second-order valence-corrected chi connectivity index (χ2v) is 6.61. The molecule has 5 nitrogen and oxygen atoms in total. The van der Waals surface area contributed by atoms with Gasteiger partial charge in [-0.05, 0) is 73.5 Å². The fourth-order valence-electron chi connectivity index (χ4n) is 2.68. The van der Waals surface area contributed by atoms with Crippen LogP contribution in [0.4, 0.5) is 5.69 Å². The van der Waals surface area contributed by atoms with Crippen LogP contribution in [-0.4, -0.2) is 17.6 Å². The molecule has 0 aliphatic carbocycles. The number of rotatable bonds is 6. The average Bonchev–Trinajstić information content (AvgIpc) is 3.12. The minimum Gasteiger partial charge on any atom is -0.484 e. The molecule has 0 bridgehead atoms. The number of benzene rings is 2. The van der Waals surface area contributed by atoms with Crippen molar-refractivity contribution in [2.45, 2.75) is 20.5 Å². The van der Waals surface area contributed by atoms with Crippen molar-refractivity contribution in [2.75, 3.05) is 11.9 Å². The molecule has 1 amide bonds. The van der Waals surface area contributed by atoms with Crippen LogP contribution in [0.3, 0.4) is 0 Å². The van der Waals surface area contributed by atoms with Crippen molar-refractivity contribution in [1.82, 2.24) is 0 Å². The van der Waals surface area contributed by atoms with Gasteiger partial charge < -0.3 is 19.6 Å². The summed E-state index contributed by atoms with van der Waals surface area (Å²) in [7, 11) is 0. The number of nitrogens with one attached hydrogen (secondary N) is 1.